The molecule has 1 aliphatic heterocycles. The predicted molar refractivity (Wildman–Crippen MR) is 95.4 cm³/mol. The first-order chi connectivity index (χ1) is 11.7. The van der Waals surface area contributed by atoms with E-state index >= 15 is 0 Å². The van der Waals surface area contributed by atoms with Crippen molar-refractivity contribution in [3.05, 3.63) is 59.9 Å². The van der Waals surface area contributed by atoms with Crippen LogP contribution in [0.4, 0.5) is 0 Å². The number of hydrogen-bond donors (Lipinski definition) is 1. The Morgan fingerprint density at radius 2 is 2.12 bits per heavy atom. The van der Waals surface area contributed by atoms with Crippen LogP contribution < -0.4 is 5.32 Å². The van der Waals surface area contributed by atoms with Gasteiger partial charge in [-0.05, 0) is 30.0 Å². The van der Waals surface area contributed by atoms with Gasteiger partial charge in [0.15, 0.2) is 0 Å². The van der Waals surface area contributed by atoms with Gasteiger partial charge in [-0.3, -0.25) is 9.48 Å². The van der Waals surface area contributed by atoms with E-state index in [-0.39, 0.29) is 5.91 Å². The maximum atomic E-state index is 12.3. The Morgan fingerprint density at radius 1 is 1.29 bits per heavy atom. The van der Waals surface area contributed by atoms with Crippen LogP contribution in [0.2, 0.25) is 0 Å². The van der Waals surface area contributed by atoms with Crippen molar-refractivity contribution < 1.29 is 4.79 Å². The van der Waals surface area contributed by atoms with Crippen LogP contribution in [-0.4, -0.2) is 46.8 Å². The molecule has 0 atom stereocenters. The number of nitrogens with zero attached hydrogens (tertiary/aromatic N) is 3. The first-order valence-corrected chi connectivity index (χ1v) is 8.44. The van der Waals surface area contributed by atoms with Crippen molar-refractivity contribution in [2.75, 3.05) is 26.2 Å². The highest BCUT2D eigenvalue weighted by atomic mass is 16.2. The topological polar surface area (TPSA) is 50.2 Å². The van der Waals surface area contributed by atoms with Gasteiger partial charge in [0.25, 0.3) is 0 Å². The molecule has 2 aromatic rings. The fourth-order valence-electron chi connectivity index (χ4n) is 2.90. The average Bonchev–Trinajstić information content (AvgIpc) is 3.05. The van der Waals surface area contributed by atoms with E-state index in [0.29, 0.717) is 13.1 Å². The van der Waals surface area contributed by atoms with Gasteiger partial charge in [0.05, 0.1) is 19.3 Å². The lowest BCUT2D eigenvalue weighted by molar-refractivity contribution is -0.129. The first-order valence-electron chi connectivity index (χ1n) is 8.44. The molecule has 3 rings (SSSR count). The molecule has 0 aliphatic carbocycles. The Hall–Kier alpha value is -2.40. The summed E-state index contributed by atoms with van der Waals surface area (Å²) in [4.78, 5) is 14.2. The van der Waals surface area contributed by atoms with Crippen molar-refractivity contribution in [1.29, 1.82) is 0 Å². The second-order valence-electron chi connectivity index (χ2n) is 6.14. The molecule has 2 heterocycles. The lowest BCUT2D eigenvalue weighted by Crippen LogP contribution is -2.41. The summed E-state index contributed by atoms with van der Waals surface area (Å²) in [5.74, 6) is 0.162. The van der Waals surface area contributed by atoms with Crippen molar-refractivity contribution in [3.8, 4) is 0 Å². The minimum absolute atomic E-state index is 0.162. The summed E-state index contributed by atoms with van der Waals surface area (Å²) in [6.07, 6.45) is 6.94. The van der Waals surface area contributed by atoms with Crippen LogP contribution in [0.1, 0.15) is 17.5 Å². The Labute approximate surface area is 143 Å². The zero-order valence-electron chi connectivity index (χ0n) is 14.1. The van der Waals surface area contributed by atoms with Gasteiger partial charge in [-0.25, -0.2) is 0 Å². The number of hydrogen-bond acceptors (Lipinski definition) is 3. The molecular weight excluding hydrogens is 300 g/mol. The smallest absolute Gasteiger partial charge is 0.236 e. The maximum Gasteiger partial charge on any atom is 0.236 e. The minimum atomic E-state index is 0.162. The molecule has 1 aliphatic rings. The molecule has 0 radical (unpaired) electrons. The predicted octanol–water partition coefficient (Wildman–Crippen LogP) is 2.10. The van der Waals surface area contributed by atoms with E-state index in [9.17, 15) is 4.79 Å². The standard InChI is InChI=1S/C19H24N4O/c1-16-13-21-23(15-16)12-9-20-14-19(24)22-10-7-18(8-11-22)17-5-3-2-4-6-17/h2-7,13,15,20H,8-12,14H2,1H3. The molecule has 5 heteroatoms. The normalized spacial score (nSPS) is 14.5. The molecule has 5 nitrogen and oxygen atoms in total. The van der Waals surface area contributed by atoms with Crippen molar-refractivity contribution in [2.24, 2.45) is 0 Å². The number of rotatable bonds is 6. The summed E-state index contributed by atoms with van der Waals surface area (Å²) in [7, 11) is 0. The van der Waals surface area contributed by atoms with E-state index in [1.165, 1.54) is 11.1 Å². The van der Waals surface area contributed by atoms with E-state index in [2.05, 4.69) is 40.8 Å². The zero-order chi connectivity index (χ0) is 16.8. The Balaban J connectivity index is 1.41. The van der Waals surface area contributed by atoms with Crippen molar-refractivity contribution in [1.82, 2.24) is 20.0 Å². The number of benzene rings is 1. The van der Waals surface area contributed by atoms with Gasteiger partial charge in [0, 0.05) is 25.8 Å². The highest BCUT2D eigenvalue weighted by Crippen LogP contribution is 2.21. The van der Waals surface area contributed by atoms with Crippen LogP contribution in [0.3, 0.4) is 0 Å². The van der Waals surface area contributed by atoms with E-state index < -0.39 is 0 Å². The molecule has 1 amide bonds. The average molecular weight is 324 g/mol. The summed E-state index contributed by atoms with van der Waals surface area (Å²) in [5, 5.41) is 7.44. The third-order valence-corrected chi connectivity index (χ3v) is 4.26. The summed E-state index contributed by atoms with van der Waals surface area (Å²) in [6.45, 7) is 5.41. The molecule has 0 saturated heterocycles. The number of aromatic nitrogens is 2. The molecular formula is C19H24N4O. The molecule has 1 N–H and O–H groups in total. The summed E-state index contributed by atoms with van der Waals surface area (Å²) >= 11 is 0. The second-order valence-corrected chi connectivity index (χ2v) is 6.14. The van der Waals surface area contributed by atoms with E-state index in [4.69, 9.17) is 0 Å². The number of aryl methyl sites for hydroxylation is 1. The molecule has 0 unspecified atom stereocenters. The van der Waals surface area contributed by atoms with Crippen LogP contribution in [0, 0.1) is 6.92 Å². The summed E-state index contributed by atoms with van der Waals surface area (Å²) in [5.41, 5.74) is 3.75. The number of carbonyl (C=O) groups excluding carboxylic acids is 1. The molecule has 126 valence electrons. The van der Waals surface area contributed by atoms with Gasteiger partial charge < -0.3 is 10.2 Å². The highest BCUT2D eigenvalue weighted by molar-refractivity contribution is 5.80. The Morgan fingerprint density at radius 3 is 2.79 bits per heavy atom. The largest absolute Gasteiger partial charge is 0.338 e. The number of carbonyl (C=O) groups is 1. The monoisotopic (exact) mass is 324 g/mol. The van der Waals surface area contributed by atoms with Gasteiger partial charge in [-0.2, -0.15) is 5.10 Å². The van der Waals surface area contributed by atoms with Crippen molar-refractivity contribution >= 4 is 11.5 Å². The Bertz CT molecular complexity index is 705. The van der Waals surface area contributed by atoms with E-state index in [0.717, 1.165) is 31.6 Å². The molecule has 0 spiro atoms. The lowest BCUT2D eigenvalue weighted by atomic mass is 9.99. The second kappa shape index (κ2) is 7.93. The molecule has 0 saturated carbocycles. The molecule has 0 bridgehead atoms. The van der Waals surface area contributed by atoms with Crippen LogP contribution >= 0.6 is 0 Å². The van der Waals surface area contributed by atoms with Gasteiger partial charge >= 0.3 is 0 Å². The summed E-state index contributed by atoms with van der Waals surface area (Å²) in [6, 6.07) is 10.4. The molecule has 0 fully saturated rings. The van der Waals surface area contributed by atoms with Crippen LogP contribution in [-0.2, 0) is 11.3 Å². The fourth-order valence-corrected chi connectivity index (χ4v) is 2.90. The van der Waals surface area contributed by atoms with Crippen LogP contribution in [0.25, 0.3) is 5.57 Å². The minimum Gasteiger partial charge on any atom is -0.338 e. The van der Waals surface area contributed by atoms with Gasteiger partial charge in [-0.1, -0.05) is 36.4 Å². The molecule has 1 aromatic heterocycles. The van der Waals surface area contributed by atoms with Crippen LogP contribution in [0.15, 0.2) is 48.8 Å². The molecule has 1 aromatic carbocycles. The fraction of sp³-hybridized carbons (Fsp3) is 0.368. The zero-order valence-corrected chi connectivity index (χ0v) is 14.1. The highest BCUT2D eigenvalue weighted by Gasteiger charge is 2.17. The lowest BCUT2D eigenvalue weighted by Gasteiger charge is -2.27. The van der Waals surface area contributed by atoms with Gasteiger partial charge in [0.2, 0.25) is 5.91 Å². The quantitative estimate of drug-likeness (QED) is 0.828. The van der Waals surface area contributed by atoms with Gasteiger partial charge in [-0.15, -0.1) is 0 Å². The van der Waals surface area contributed by atoms with E-state index in [1.54, 1.807) is 0 Å². The SMILES string of the molecule is Cc1cnn(CCNCC(=O)N2CC=C(c3ccccc3)CC2)c1. The van der Waals surface area contributed by atoms with Gasteiger partial charge in [0.1, 0.15) is 0 Å². The number of nitrogens with one attached hydrogen (secondary N) is 1. The maximum absolute atomic E-state index is 12.3. The van der Waals surface area contributed by atoms with Crippen molar-refractivity contribution in [2.45, 2.75) is 19.9 Å². The van der Waals surface area contributed by atoms with E-state index in [1.807, 2.05) is 35.0 Å². The number of amides is 1. The van der Waals surface area contributed by atoms with Crippen molar-refractivity contribution in [3.63, 3.8) is 0 Å². The first kappa shape index (κ1) is 16.5. The van der Waals surface area contributed by atoms with Crippen LogP contribution in [0.5, 0.6) is 0 Å². The third kappa shape index (κ3) is 4.32. The third-order valence-electron chi connectivity index (χ3n) is 4.26. The Kier molecular flexibility index (Phi) is 5.43. The molecule has 24 heavy (non-hydrogen) atoms. The summed E-state index contributed by atoms with van der Waals surface area (Å²) < 4.78 is 1.89.